The number of aromatic nitrogens is 2. The first-order valence-corrected chi connectivity index (χ1v) is 6.65. The number of pyridine rings is 2. The minimum atomic E-state index is -0.0695. The summed E-state index contributed by atoms with van der Waals surface area (Å²) in [6.45, 7) is 0.949. The van der Waals surface area contributed by atoms with Gasteiger partial charge in [0.25, 0.3) is 5.56 Å². The van der Waals surface area contributed by atoms with Crippen LogP contribution in [0.3, 0.4) is 0 Å². The Balaban J connectivity index is 2.46. The van der Waals surface area contributed by atoms with Crippen molar-refractivity contribution in [1.82, 2.24) is 9.55 Å². The third-order valence-electron chi connectivity index (χ3n) is 3.36. The molecule has 0 unspecified atom stereocenters. The SMILES string of the molecule is COCCn1c(=O)c2cnccc2c2ccc(Cl)cc21. The average Bonchev–Trinajstić information content (AvgIpc) is 2.47. The van der Waals surface area contributed by atoms with Gasteiger partial charge in [-0.2, -0.15) is 0 Å². The van der Waals surface area contributed by atoms with E-state index in [1.165, 1.54) is 0 Å². The number of hydrogen-bond donors (Lipinski definition) is 0. The van der Waals surface area contributed by atoms with E-state index >= 15 is 0 Å². The van der Waals surface area contributed by atoms with E-state index in [0.29, 0.717) is 23.6 Å². The van der Waals surface area contributed by atoms with Crippen LogP contribution in [0.2, 0.25) is 5.02 Å². The smallest absolute Gasteiger partial charge is 0.260 e. The second-order valence-electron chi connectivity index (χ2n) is 4.53. The highest BCUT2D eigenvalue weighted by Crippen LogP contribution is 2.24. The van der Waals surface area contributed by atoms with Crippen molar-refractivity contribution in [3.8, 4) is 0 Å². The normalized spacial score (nSPS) is 11.3. The van der Waals surface area contributed by atoms with Crippen LogP contribution in [0.4, 0.5) is 0 Å². The van der Waals surface area contributed by atoms with Gasteiger partial charge in [-0.15, -0.1) is 0 Å². The molecule has 4 nitrogen and oxygen atoms in total. The highest BCUT2D eigenvalue weighted by molar-refractivity contribution is 6.31. The van der Waals surface area contributed by atoms with Crippen molar-refractivity contribution in [2.45, 2.75) is 6.54 Å². The summed E-state index contributed by atoms with van der Waals surface area (Å²) < 4.78 is 6.77. The van der Waals surface area contributed by atoms with Gasteiger partial charge in [0.05, 0.1) is 17.5 Å². The van der Waals surface area contributed by atoms with Crippen molar-refractivity contribution >= 4 is 33.3 Å². The summed E-state index contributed by atoms with van der Waals surface area (Å²) in [5.74, 6) is 0. The van der Waals surface area contributed by atoms with E-state index in [1.807, 2.05) is 24.3 Å². The Morgan fingerprint density at radius 3 is 2.90 bits per heavy atom. The monoisotopic (exact) mass is 288 g/mol. The number of halogens is 1. The van der Waals surface area contributed by atoms with Gasteiger partial charge in [0, 0.05) is 36.5 Å². The van der Waals surface area contributed by atoms with E-state index in [9.17, 15) is 4.79 Å². The fourth-order valence-corrected chi connectivity index (χ4v) is 2.58. The number of nitrogens with zero attached hydrogens (tertiary/aromatic N) is 2. The van der Waals surface area contributed by atoms with Crippen molar-refractivity contribution in [1.29, 1.82) is 0 Å². The van der Waals surface area contributed by atoms with Gasteiger partial charge in [-0.3, -0.25) is 9.78 Å². The molecule has 0 amide bonds. The first-order chi connectivity index (χ1) is 9.72. The molecule has 102 valence electrons. The zero-order valence-corrected chi connectivity index (χ0v) is 11.7. The van der Waals surface area contributed by atoms with Gasteiger partial charge < -0.3 is 9.30 Å². The molecule has 0 saturated heterocycles. The largest absolute Gasteiger partial charge is 0.383 e. The number of benzene rings is 1. The molecule has 2 aromatic heterocycles. The fraction of sp³-hybridized carbons (Fsp3) is 0.200. The molecule has 0 atom stereocenters. The number of methoxy groups -OCH3 is 1. The molecular formula is C15H13ClN2O2. The van der Waals surface area contributed by atoms with Crippen LogP contribution in [-0.2, 0) is 11.3 Å². The summed E-state index contributed by atoms with van der Waals surface area (Å²) in [5.41, 5.74) is 0.748. The lowest BCUT2D eigenvalue weighted by Gasteiger charge is -2.12. The molecule has 0 aliphatic rings. The minimum Gasteiger partial charge on any atom is -0.383 e. The summed E-state index contributed by atoms with van der Waals surface area (Å²) in [6.07, 6.45) is 3.30. The third kappa shape index (κ3) is 2.07. The standard InChI is InChI=1S/C15H13ClN2O2/c1-20-7-6-18-14-8-10(16)2-3-12(14)11-4-5-17-9-13(11)15(18)19/h2-5,8-9H,6-7H2,1H3. The Morgan fingerprint density at radius 1 is 1.25 bits per heavy atom. The van der Waals surface area contributed by atoms with E-state index in [0.717, 1.165) is 16.3 Å². The van der Waals surface area contributed by atoms with Crippen molar-refractivity contribution in [3.63, 3.8) is 0 Å². The Morgan fingerprint density at radius 2 is 2.10 bits per heavy atom. The van der Waals surface area contributed by atoms with Crippen LogP contribution < -0.4 is 5.56 Å². The van der Waals surface area contributed by atoms with Crippen molar-refractivity contribution in [2.75, 3.05) is 13.7 Å². The molecule has 5 heteroatoms. The number of hydrogen-bond acceptors (Lipinski definition) is 3. The zero-order valence-electron chi connectivity index (χ0n) is 11.0. The van der Waals surface area contributed by atoms with Crippen LogP contribution in [0.25, 0.3) is 21.7 Å². The average molecular weight is 289 g/mol. The molecule has 3 rings (SSSR count). The van der Waals surface area contributed by atoms with Crippen LogP contribution in [-0.4, -0.2) is 23.3 Å². The van der Waals surface area contributed by atoms with Gasteiger partial charge in [-0.1, -0.05) is 17.7 Å². The summed E-state index contributed by atoms with van der Waals surface area (Å²) in [7, 11) is 1.61. The van der Waals surface area contributed by atoms with Crippen LogP contribution in [0.1, 0.15) is 0 Å². The first-order valence-electron chi connectivity index (χ1n) is 6.27. The van der Waals surface area contributed by atoms with E-state index in [4.69, 9.17) is 16.3 Å². The van der Waals surface area contributed by atoms with Gasteiger partial charge in [-0.05, 0) is 23.6 Å². The van der Waals surface area contributed by atoms with Crippen molar-refractivity contribution in [2.24, 2.45) is 0 Å². The van der Waals surface area contributed by atoms with Gasteiger partial charge in [0.15, 0.2) is 0 Å². The summed E-state index contributed by atoms with van der Waals surface area (Å²) in [6, 6.07) is 7.43. The maximum absolute atomic E-state index is 12.6. The molecule has 20 heavy (non-hydrogen) atoms. The predicted molar refractivity (Wildman–Crippen MR) is 80.4 cm³/mol. The lowest BCUT2D eigenvalue weighted by molar-refractivity contribution is 0.187. The predicted octanol–water partition coefficient (Wildman–Crippen LogP) is 2.85. The molecule has 0 aliphatic carbocycles. The van der Waals surface area contributed by atoms with Crippen LogP contribution in [0.15, 0.2) is 41.5 Å². The molecule has 0 saturated carbocycles. The van der Waals surface area contributed by atoms with E-state index in [1.54, 1.807) is 24.1 Å². The highest BCUT2D eigenvalue weighted by Gasteiger charge is 2.10. The maximum Gasteiger partial charge on any atom is 0.260 e. The molecular weight excluding hydrogens is 276 g/mol. The second kappa shape index (κ2) is 5.23. The van der Waals surface area contributed by atoms with Gasteiger partial charge >= 0.3 is 0 Å². The maximum atomic E-state index is 12.6. The molecule has 0 spiro atoms. The summed E-state index contributed by atoms with van der Waals surface area (Å²) in [4.78, 5) is 16.6. The lowest BCUT2D eigenvalue weighted by atomic mass is 10.1. The fourth-order valence-electron chi connectivity index (χ4n) is 2.41. The molecule has 2 heterocycles. The molecule has 0 aliphatic heterocycles. The summed E-state index contributed by atoms with van der Waals surface area (Å²) in [5, 5.41) is 3.10. The summed E-state index contributed by atoms with van der Waals surface area (Å²) >= 11 is 6.07. The second-order valence-corrected chi connectivity index (χ2v) is 4.97. The van der Waals surface area contributed by atoms with E-state index < -0.39 is 0 Å². The molecule has 3 aromatic rings. The number of rotatable bonds is 3. The first kappa shape index (κ1) is 13.1. The molecule has 0 bridgehead atoms. The van der Waals surface area contributed by atoms with E-state index in [-0.39, 0.29) is 5.56 Å². The van der Waals surface area contributed by atoms with Gasteiger partial charge in [-0.25, -0.2) is 0 Å². The van der Waals surface area contributed by atoms with Crippen molar-refractivity contribution < 1.29 is 4.74 Å². The molecule has 0 radical (unpaired) electrons. The highest BCUT2D eigenvalue weighted by atomic mass is 35.5. The number of fused-ring (bicyclic) bond motifs is 3. The van der Waals surface area contributed by atoms with E-state index in [2.05, 4.69) is 4.98 Å². The Labute approximate surface area is 120 Å². The Bertz CT molecular complexity index is 842. The van der Waals surface area contributed by atoms with Crippen LogP contribution >= 0.6 is 11.6 Å². The lowest BCUT2D eigenvalue weighted by Crippen LogP contribution is -2.23. The Hall–Kier alpha value is -1.91. The van der Waals surface area contributed by atoms with Gasteiger partial charge in [0.2, 0.25) is 0 Å². The molecule has 0 fully saturated rings. The van der Waals surface area contributed by atoms with Crippen LogP contribution in [0, 0.1) is 0 Å². The molecule has 1 aromatic carbocycles. The number of ether oxygens (including phenoxy) is 1. The zero-order chi connectivity index (χ0) is 14.1. The Kier molecular flexibility index (Phi) is 3.42. The molecule has 0 N–H and O–H groups in total. The van der Waals surface area contributed by atoms with Gasteiger partial charge in [0.1, 0.15) is 0 Å². The topological polar surface area (TPSA) is 44.1 Å². The minimum absolute atomic E-state index is 0.0695. The van der Waals surface area contributed by atoms with Crippen LogP contribution in [0.5, 0.6) is 0 Å². The van der Waals surface area contributed by atoms with Crippen molar-refractivity contribution in [3.05, 3.63) is 52.0 Å². The third-order valence-corrected chi connectivity index (χ3v) is 3.59. The quantitative estimate of drug-likeness (QED) is 0.696.